The van der Waals surface area contributed by atoms with Crippen molar-refractivity contribution in [3.05, 3.63) is 47.8 Å². The predicted molar refractivity (Wildman–Crippen MR) is 100 cm³/mol. The third kappa shape index (κ3) is 4.07. The molecule has 0 aliphatic heterocycles. The summed E-state index contributed by atoms with van der Waals surface area (Å²) in [6.07, 6.45) is 3.44. The Morgan fingerprint density at radius 3 is 2.54 bits per heavy atom. The van der Waals surface area contributed by atoms with Crippen molar-refractivity contribution in [1.29, 1.82) is 0 Å². The van der Waals surface area contributed by atoms with Crippen LogP contribution in [-0.2, 0) is 21.4 Å². The lowest BCUT2D eigenvalue weighted by Crippen LogP contribution is -2.48. The van der Waals surface area contributed by atoms with Crippen molar-refractivity contribution < 1.29 is 13.2 Å². The van der Waals surface area contributed by atoms with Crippen LogP contribution in [0.3, 0.4) is 0 Å². The summed E-state index contributed by atoms with van der Waals surface area (Å²) in [5.74, 6) is 0.264. The molecule has 26 heavy (non-hydrogen) atoms. The summed E-state index contributed by atoms with van der Waals surface area (Å²) in [5, 5.41) is 7.26. The van der Waals surface area contributed by atoms with Crippen LogP contribution in [0, 0.1) is 0 Å². The number of carbonyl (C=O) groups excluding carboxylic acids is 1. The number of likely N-dealkylation sites (N-methyl/N-ethyl adjacent to an activating group) is 1. The predicted octanol–water partition coefficient (Wildman–Crippen LogP) is 2.10. The van der Waals surface area contributed by atoms with E-state index in [0.717, 1.165) is 34.8 Å². The Balaban J connectivity index is 1.75. The van der Waals surface area contributed by atoms with E-state index >= 15 is 0 Å². The number of para-hydroxylation sites is 1. The van der Waals surface area contributed by atoms with Gasteiger partial charge in [0, 0.05) is 13.0 Å². The fraction of sp³-hybridized carbons (Fsp3) is 0.444. The standard InChI is InChI=1S/C18H24N4O3S/c1-13(22(26(3,24)25)16-7-5-4-6-8-16)18(23)21(2)12-15-11-17(20-19-15)14-9-10-14/h4-8,11,13-14H,9-10,12H2,1-3H3,(H,19,20). The highest BCUT2D eigenvalue weighted by molar-refractivity contribution is 7.92. The van der Waals surface area contributed by atoms with Gasteiger partial charge < -0.3 is 4.90 Å². The van der Waals surface area contributed by atoms with E-state index in [4.69, 9.17) is 0 Å². The first-order valence-corrected chi connectivity index (χ1v) is 10.5. The molecule has 1 aromatic heterocycles. The summed E-state index contributed by atoms with van der Waals surface area (Å²) < 4.78 is 25.7. The molecule has 0 bridgehead atoms. The van der Waals surface area contributed by atoms with Gasteiger partial charge in [-0.1, -0.05) is 18.2 Å². The normalized spacial score (nSPS) is 15.5. The first-order valence-electron chi connectivity index (χ1n) is 8.61. The van der Waals surface area contributed by atoms with Gasteiger partial charge in [-0.25, -0.2) is 8.42 Å². The zero-order valence-corrected chi connectivity index (χ0v) is 16.0. The van der Waals surface area contributed by atoms with E-state index in [1.54, 1.807) is 44.3 Å². The molecule has 2 aromatic rings. The molecular weight excluding hydrogens is 352 g/mol. The second-order valence-corrected chi connectivity index (χ2v) is 8.72. The van der Waals surface area contributed by atoms with Crippen LogP contribution >= 0.6 is 0 Å². The molecule has 1 saturated carbocycles. The van der Waals surface area contributed by atoms with Crippen LogP contribution < -0.4 is 4.31 Å². The summed E-state index contributed by atoms with van der Waals surface area (Å²) in [7, 11) is -1.93. The molecule has 0 saturated heterocycles. The molecule has 1 aliphatic carbocycles. The summed E-state index contributed by atoms with van der Waals surface area (Å²) in [5.41, 5.74) is 2.36. The number of H-pyrrole nitrogens is 1. The Hall–Kier alpha value is -2.35. The quantitative estimate of drug-likeness (QED) is 0.802. The van der Waals surface area contributed by atoms with E-state index in [1.165, 1.54) is 4.90 Å². The molecule has 1 aliphatic rings. The number of rotatable bonds is 7. The number of hydrogen-bond acceptors (Lipinski definition) is 4. The number of anilines is 1. The molecule has 1 atom stereocenters. The van der Waals surface area contributed by atoms with Crippen molar-refractivity contribution in [2.75, 3.05) is 17.6 Å². The number of nitrogens with zero attached hydrogens (tertiary/aromatic N) is 3. The molecule has 1 aromatic carbocycles. The van der Waals surface area contributed by atoms with Gasteiger partial charge in [0.1, 0.15) is 6.04 Å². The van der Waals surface area contributed by atoms with Crippen molar-refractivity contribution in [2.24, 2.45) is 0 Å². The van der Waals surface area contributed by atoms with E-state index < -0.39 is 16.1 Å². The number of aromatic nitrogens is 2. The van der Waals surface area contributed by atoms with E-state index in [1.807, 2.05) is 6.07 Å². The SMILES string of the molecule is CC(C(=O)N(C)Cc1cc(C2CC2)n[nH]1)N(c1ccccc1)S(C)(=O)=O. The molecule has 1 N–H and O–H groups in total. The lowest BCUT2D eigenvalue weighted by atomic mass is 10.2. The first-order chi connectivity index (χ1) is 12.3. The van der Waals surface area contributed by atoms with Gasteiger partial charge in [0.15, 0.2) is 0 Å². The number of hydrogen-bond donors (Lipinski definition) is 1. The summed E-state index contributed by atoms with van der Waals surface area (Å²) in [4.78, 5) is 14.4. The maximum Gasteiger partial charge on any atom is 0.246 e. The Labute approximate surface area is 154 Å². The Morgan fingerprint density at radius 2 is 1.96 bits per heavy atom. The minimum atomic E-state index is -3.60. The van der Waals surface area contributed by atoms with E-state index in [-0.39, 0.29) is 5.91 Å². The van der Waals surface area contributed by atoms with Crippen LogP contribution in [0.15, 0.2) is 36.4 Å². The zero-order chi connectivity index (χ0) is 18.9. The van der Waals surface area contributed by atoms with Crippen LogP contribution in [0.1, 0.15) is 37.1 Å². The summed E-state index contributed by atoms with van der Waals surface area (Å²) >= 11 is 0. The van der Waals surface area contributed by atoms with Crippen molar-refractivity contribution in [3.8, 4) is 0 Å². The van der Waals surface area contributed by atoms with Gasteiger partial charge in [-0.3, -0.25) is 14.2 Å². The first kappa shape index (κ1) is 18.4. The molecule has 0 radical (unpaired) electrons. The number of aromatic amines is 1. The summed E-state index contributed by atoms with van der Waals surface area (Å²) in [6.45, 7) is 1.96. The van der Waals surface area contributed by atoms with Gasteiger partial charge in [0.25, 0.3) is 0 Å². The number of carbonyl (C=O) groups is 1. The molecule has 0 spiro atoms. The van der Waals surface area contributed by atoms with Crippen molar-refractivity contribution in [3.63, 3.8) is 0 Å². The monoisotopic (exact) mass is 376 g/mol. The van der Waals surface area contributed by atoms with E-state index in [0.29, 0.717) is 18.2 Å². The van der Waals surface area contributed by atoms with Crippen LogP contribution in [0.25, 0.3) is 0 Å². The van der Waals surface area contributed by atoms with Crippen molar-refractivity contribution in [2.45, 2.75) is 38.3 Å². The van der Waals surface area contributed by atoms with Crippen LogP contribution in [0.4, 0.5) is 5.69 Å². The topological polar surface area (TPSA) is 86.4 Å². The van der Waals surface area contributed by atoms with Gasteiger partial charge in [-0.2, -0.15) is 5.10 Å². The lowest BCUT2D eigenvalue weighted by Gasteiger charge is -2.31. The number of sulfonamides is 1. The van der Waals surface area contributed by atoms with E-state index in [2.05, 4.69) is 10.2 Å². The molecule has 1 unspecified atom stereocenters. The van der Waals surface area contributed by atoms with Gasteiger partial charge in [-0.15, -0.1) is 0 Å². The van der Waals surface area contributed by atoms with Gasteiger partial charge in [0.2, 0.25) is 15.9 Å². The number of amides is 1. The molecule has 7 nitrogen and oxygen atoms in total. The molecule has 8 heteroatoms. The Kier molecular flexibility index (Phi) is 5.04. The average molecular weight is 376 g/mol. The second kappa shape index (κ2) is 7.11. The third-order valence-electron chi connectivity index (χ3n) is 4.51. The summed E-state index contributed by atoms with van der Waals surface area (Å²) in [6, 6.07) is 9.80. The molecule has 1 heterocycles. The van der Waals surface area contributed by atoms with Gasteiger partial charge >= 0.3 is 0 Å². The highest BCUT2D eigenvalue weighted by Crippen LogP contribution is 2.39. The number of benzene rings is 1. The fourth-order valence-electron chi connectivity index (χ4n) is 3.08. The highest BCUT2D eigenvalue weighted by atomic mass is 32.2. The minimum Gasteiger partial charge on any atom is -0.338 e. The third-order valence-corrected chi connectivity index (χ3v) is 5.75. The molecular formula is C18H24N4O3S. The molecule has 1 amide bonds. The Morgan fingerprint density at radius 1 is 1.31 bits per heavy atom. The zero-order valence-electron chi connectivity index (χ0n) is 15.2. The van der Waals surface area contributed by atoms with Crippen LogP contribution in [0.2, 0.25) is 0 Å². The largest absolute Gasteiger partial charge is 0.338 e. The number of nitrogens with one attached hydrogen (secondary N) is 1. The maximum atomic E-state index is 12.8. The highest BCUT2D eigenvalue weighted by Gasteiger charge is 2.31. The van der Waals surface area contributed by atoms with Crippen LogP contribution in [-0.4, -0.2) is 48.8 Å². The molecule has 140 valence electrons. The average Bonchev–Trinajstić information content (AvgIpc) is 3.34. The maximum absolute atomic E-state index is 12.8. The van der Waals surface area contributed by atoms with Crippen molar-refractivity contribution >= 4 is 21.6 Å². The van der Waals surface area contributed by atoms with Crippen molar-refractivity contribution in [1.82, 2.24) is 15.1 Å². The van der Waals surface area contributed by atoms with Gasteiger partial charge in [-0.05, 0) is 38.0 Å². The Bertz CT molecular complexity index is 875. The second-order valence-electron chi connectivity index (χ2n) is 6.86. The van der Waals surface area contributed by atoms with Crippen LogP contribution in [0.5, 0.6) is 0 Å². The van der Waals surface area contributed by atoms with E-state index in [9.17, 15) is 13.2 Å². The molecule has 3 rings (SSSR count). The minimum absolute atomic E-state index is 0.276. The molecule has 1 fully saturated rings. The lowest BCUT2D eigenvalue weighted by molar-refractivity contribution is -0.131. The van der Waals surface area contributed by atoms with Gasteiger partial charge in [0.05, 0.1) is 29.9 Å². The smallest absolute Gasteiger partial charge is 0.246 e. The fourth-order valence-corrected chi connectivity index (χ4v) is 4.25.